The van der Waals surface area contributed by atoms with Crippen LogP contribution < -0.4 is 17.2 Å². The molecule has 0 unspecified atom stereocenters. The van der Waals surface area contributed by atoms with Gasteiger partial charge in [0.05, 0.1) is 25.9 Å². The fraction of sp³-hybridized carbons (Fsp3) is 0.500. The lowest BCUT2D eigenvalue weighted by atomic mass is 10.1. The van der Waals surface area contributed by atoms with E-state index in [1.54, 1.807) is 0 Å². The van der Waals surface area contributed by atoms with E-state index in [1.807, 2.05) is 0 Å². The maximum Gasteiger partial charge on any atom is 0.386 e. The number of aromatic nitrogens is 8. The second kappa shape index (κ2) is 11.2. The molecule has 242 valence electrons. The summed E-state index contributed by atoms with van der Waals surface area (Å²) in [5, 5.41) is 22.4. The van der Waals surface area contributed by atoms with Crippen molar-refractivity contribution in [2.45, 2.75) is 49.1 Å². The minimum absolute atomic E-state index is 0.00996. The van der Waals surface area contributed by atoms with Gasteiger partial charge < -0.3 is 36.9 Å². The predicted molar refractivity (Wildman–Crippen MR) is 159 cm³/mol. The third-order valence-electron chi connectivity index (χ3n) is 7.34. The number of rotatable bonds is 2. The molecule has 3 aliphatic heterocycles. The molecule has 10 atom stereocenters. The summed E-state index contributed by atoms with van der Waals surface area (Å²) in [4.78, 5) is 24.4. The van der Waals surface area contributed by atoms with E-state index in [4.69, 9.17) is 44.8 Å². The number of aliphatic hydroxyl groups excluding tert-OH is 2. The fourth-order valence-corrected chi connectivity index (χ4v) is 8.26. The van der Waals surface area contributed by atoms with E-state index in [-0.39, 0.29) is 39.9 Å². The van der Waals surface area contributed by atoms with E-state index in [0.717, 1.165) is 0 Å². The van der Waals surface area contributed by atoms with Gasteiger partial charge in [0.1, 0.15) is 54.0 Å². The Bertz CT molecular complexity index is 1880. The van der Waals surface area contributed by atoms with Crippen LogP contribution in [0, 0.1) is 0 Å². The predicted octanol–water partition coefficient (Wildman–Crippen LogP) is -0.178. The van der Waals surface area contributed by atoms with Crippen molar-refractivity contribution in [1.82, 2.24) is 39.0 Å². The number of imidazole rings is 2. The average molecular weight is 706 g/mol. The molecule has 3 aliphatic rings. The van der Waals surface area contributed by atoms with E-state index in [0.29, 0.717) is 0 Å². The molecule has 0 radical (unpaired) electrons. The van der Waals surface area contributed by atoms with Crippen molar-refractivity contribution in [3.63, 3.8) is 0 Å². The third kappa shape index (κ3) is 5.55. The molecule has 0 spiro atoms. The Morgan fingerprint density at radius 2 is 1.36 bits per heavy atom. The van der Waals surface area contributed by atoms with E-state index in [2.05, 4.69) is 54.4 Å². The molecule has 0 aromatic carbocycles. The van der Waals surface area contributed by atoms with Gasteiger partial charge in [-0.15, -0.1) is 0 Å². The lowest BCUT2D eigenvalue weighted by Gasteiger charge is -2.26. The van der Waals surface area contributed by atoms with Crippen molar-refractivity contribution in [2.75, 3.05) is 30.4 Å². The van der Waals surface area contributed by atoms with E-state index >= 15 is 0 Å². The minimum atomic E-state index is -4.33. The summed E-state index contributed by atoms with van der Waals surface area (Å²) < 4.78 is 64.0. The van der Waals surface area contributed by atoms with Crippen LogP contribution in [0.1, 0.15) is 12.5 Å². The summed E-state index contributed by atoms with van der Waals surface area (Å²) in [7, 11) is 0. The van der Waals surface area contributed by atoms with Gasteiger partial charge in [-0.2, -0.15) is 9.97 Å². The van der Waals surface area contributed by atoms with Gasteiger partial charge in [-0.05, 0) is 0 Å². The van der Waals surface area contributed by atoms with Gasteiger partial charge >= 0.3 is 13.6 Å². The van der Waals surface area contributed by atoms with Crippen LogP contribution in [0.4, 0.5) is 17.6 Å². The average Bonchev–Trinajstić information content (AvgIpc) is 3.72. The van der Waals surface area contributed by atoms with E-state index < -0.39 is 75.9 Å². The zero-order valence-corrected chi connectivity index (χ0v) is 26.1. The first-order chi connectivity index (χ1) is 21.3. The quantitative estimate of drug-likeness (QED) is 0.105. The van der Waals surface area contributed by atoms with Gasteiger partial charge in [0.15, 0.2) is 35.4 Å². The second-order valence-electron chi connectivity index (χ2n) is 10.2. The summed E-state index contributed by atoms with van der Waals surface area (Å²) in [6.07, 6.45) is -7.07. The number of nitrogens with zero attached hydrogens (tertiary/aromatic N) is 8. The summed E-state index contributed by atoms with van der Waals surface area (Å²) in [6.45, 7) is -9.76. The van der Waals surface area contributed by atoms with Crippen molar-refractivity contribution in [3.05, 3.63) is 19.0 Å². The second-order valence-corrected chi connectivity index (χ2v) is 15.9. The first kappa shape index (κ1) is 31.0. The Morgan fingerprint density at radius 3 is 2.07 bits per heavy atom. The fourth-order valence-electron chi connectivity index (χ4n) is 5.31. The number of aliphatic hydroxyl groups is 2. The van der Waals surface area contributed by atoms with Gasteiger partial charge in [-0.3, -0.25) is 27.2 Å². The maximum atomic E-state index is 13.5. The summed E-state index contributed by atoms with van der Waals surface area (Å²) >= 11 is 8.16. The summed E-state index contributed by atoms with van der Waals surface area (Å²) in [5.74, 6) is -0.0816. The molecule has 8 N–H and O–H groups in total. The number of thiol groups is 2. The third-order valence-corrected chi connectivity index (χ3v) is 10.6. The first-order valence-electron chi connectivity index (χ1n) is 13.0. The van der Waals surface area contributed by atoms with Gasteiger partial charge in [-0.25, -0.2) is 29.1 Å². The van der Waals surface area contributed by atoms with Crippen molar-refractivity contribution in [2.24, 2.45) is 0 Å². The highest BCUT2D eigenvalue weighted by molar-refractivity contribution is 8.44. The highest BCUT2D eigenvalue weighted by Crippen LogP contribution is 2.60. The van der Waals surface area contributed by atoms with Crippen LogP contribution in [-0.2, 0) is 36.7 Å². The van der Waals surface area contributed by atoms with Gasteiger partial charge in [0.25, 0.3) is 0 Å². The Labute approximate surface area is 262 Å². The number of hydrogen-bond acceptors (Lipinski definition) is 19. The summed E-state index contributed by atoms with van der Waals surface area (Å²) in [5.41, 5.74) is 18.3. The van der Waals surface area contributed by atoms with Crippen molar-refractivity contribution >= 4 is 78.0 Å². The molecule has 2 bridgehead atoms. The molecule has 4 aromatic heterocycles. The molecule has 3 fully saturated rings. The zero-order valence-electron chi connectivity index (χ0n) is 22.5. The smallest absolute Gasteiger partial charge is 0.386 e. The first-order valence-corrected chi connectivity index (χ1v) is 18.4. The van der Waals surface area contributed by atoms with Crippen LogP contribution in [0.3, 0.4) is 0 Å². The van der Waals surface area contributed by atoms with Crippen LogP contribution in [0.15, 0.2) is 19.0 Å². The Kier molecular flexibility index (Phi) is 7.74. The number of ether oxygens (including phenoxy) is 2. The van der Waals surface area contributed by atoms with Crippen LogP contribution in [0.2, 0.25) is 0 Å². The molecule has 45 heavy (non-hydrogen) atoms. The summed E-state index contributed by atoms with van der Waals surface area (Å²) in [6, 6.07) is 0. The Hall–Kier alpha value is -2.66. The van der Waals surface area contributed by atoms with Gasteiger partial charge in [0.2, 0.25) is 5.95 Å². The molecule has 7 heterocycles. The highest BCUT2D eigenvalue weighted by atomic mass is 32.7. The van der Waals surface area contributed by atoms with E-state index in [1.165, 1.54) is 28.1 Å². The molecular weight excluding hydrogens is 680 g/mol. The number of hydrogen-bond donors (Lipinski definition) is 7. The SMILES string of the molecule is Nc1nc(N)c2ncn([C@@H]3O[C@@H]4CO[P@](=O)(S)O[C@@H]5[C@H](O)[C@@H](CO[P@@](=O)(S)O[C@H]4[C@H]3O)O[C@H]5n3cnc4c(N)ncnc43)c2n1. The van der Waals surface area contributed by atoms with E-state index in [9.17, 15) is 19.3 Å². The van der Waals surface area contributed by atoms with Crippen molar-refractivity contribution < 1.29 is 46.9 Å². The molecule has 7 rings (SSSR count). The molecule has 21 nitrogen and oxygen atoms in total. The number of nitrogen functional groups attached to an aromatic ring is 3. The molecule has 0 saturated carbocycles. The van der Waals surface area contributed by atoms with Crippen molar-refractivity contribution in [1.29, 1.82) is 0 Å². The molecule has 4 aromatic rings. The van der Waals surface area contributed by atoms with Crippen molar-refractivity contribution in [3.8, 4) is 0 Å². The minimum Gasteiger partial charge on any atom is -0.387 e. The maximum absolute atomic E-state index is 13.5. The number of fused-ring (bicyclic) bond motifs is 5. The zero-order chi connectivity index (χ0) is 31.8. The molecule has 3 saturated heterocycles. The number of nitrogens with two attached hydrogens (primary N) is 3. The molecular formula is C20H25N11O10P2S2. The molecule has 0 aliphatic carbocycles. The van der Waals surface area contributed by atoms with Crippen LogP contribution in [0.5, 0.6) is 0 Å². The lowest BCUT2D eigenvalue weighted by molar-refractivity contribution is -0.0575. The van der Waals surface area contributed by atoms with Crippen LogP contribution in [0.25, 0.3) is 22.3 Å². The van der Waals surface area contributed by atoms with Crippen LogP contribution >= 0.6 is 38.1 Å². The normalized spacial score (nSPS) is 37.7. The largest absolute Gasteiger partial charge is 0.387 e. The monoisotopic (exact) mass is 705 g/mol. The number of anilines is 3. The topological polar surface area (TPSA) is 295 Å². The van der Waals surface area contributed by atoms with Gasteiger partial charge in [0, 0.05) is 0 Å². The Balaban J connectivity index is 1.20. The highest BCUT2D eigenvalue weighted by Gasteiger charge is 2.53. The Morgan fingerprint density at radius 1 is 0.756 bits per heavy atom. The lowest BCUT2D eigenvalue weighted by Crippen LogP contribution is -2.35. The van der Waals surface area contributed by atoms with Crippen LogP contribution in [-0.4, -0.2) is 99.1 Å². The molecule has 0 amide bonds. The van der Waals surface area contributed by atoms with Gasteiger partial charge in [-0.1, -0.05) is 24.5 Å². The standard InChI is InChI=1S/C20H25N11O10P2S2/c21-14-8-16(25-3-24-14)30(4-26-8)19-13-10(32)6(38-19)1-36-42(34,44)40-12-7(2-37-43(35,45)41-13)39-18(11(12)33)31-5-27-9-15(22)28-20(23)29-17(9)31/h3-7,10-13,18-19,32-33H,1-2H2,(H,34,44)(H,35,45)(H2,21,24,25)(H4,22,23,28,29)/t6-,7-,10-,11-,12-,13-,18-,19-,42-,43+/m1/s1. The molecule has 25 heteroatoms.